The van der Waals surface area contributed by atoms with Gasteiger partial charge in [-0.3, -0.25) is 14.6 Å². The molecule has 2 fully saturated rings. The van der Waals surface area contributed by atoms with E-state index in [2.05, 4.69) is 21.9 Å². The Bertz CT molecular complexity index is 869. The molecule has 0 radical (unpaired) electrons. The first-order chi connectivity index (χ1) is 15.1. The quantitative estimate of drug-likeness (QED) is 0.709. The van der Waals surface area contributed by atoms with Gasteiger partial charge in [0.1, 0.15) is 11.6 Å². The molecule has 0 aromatic heterocycles. The number of ether oxygens (including phenoxy) is 2. The van der Waals surface area contributed by atoms with E-state index in [0.29, 0.717) is 18.7 Å². The normalized spacial score (nSPS) is 20.6. The zero-order valence-electron chi connectivity index (χ0n) is 18.0. The van der Waals surface area contributed by atoms with E-state index in [1.807, 2.05) is 17.0 Å². The standard InChI is InChI=1S/C24H30FN3O3/c1-30-22-4-2-3-19(15-22)16-27-13-14-31-23(18-27)17-26-9-11-28(12-10-26)24(29)20-5-7-21(25)8-6-20/h2-8,15,23H,9-14,16-18H2,1H3. The molecular formula is C24H30FN3O3. The summed E-state index contributed by atoms with van der Waals surface area (Å²) < 4.78 is 24.5. The Morgan fingerprint density at radius 1 is 1.06 bits per heavy atom. The second kappa shape index (κ2) is 10.2. The minimum Gasteiger partial charge on any atom is -0.497 e. The first kappa shape index (κ1) is 21.7. The van der Waals surface area contributed by atoms with E-state index in [-0.39, 0.29) is 17.8 Å². The van der Waals surface area contributed by atoms with Gasteiger partial charge in [-0.25, -0.2) is 4.39 Å². The first-order valence-corrected chi connectivity index (χ1v) is 10.8. The minimum atomic E-state index is -0.325. The minimum absolute atomic E-state index is 0.0296. The Labute approximate surface area is 183 Å². The van der Waals surface area contributed by atoms with Crippen LogP contribution in [0.15, 0.2) is 48.5 Å². The van der Waals surface area contributed by atoms with Gasteiger partial charge < -0.3 is 14.4 Å². The van der Waals surface area contributed by atoms with Crippen LogP contribution in [0.1, 0.15) is 15.9 Å². The molecule has 2 aromatic carbocycles. The van der Waals surface area contributed by atoms with Crippen molar-refractivity contribution in [2.24, 2.45) is 0 Å². The third kappa shape index (κ3) is 5.81. The summed E-state index contributed by atoms with van der Waals surface area (Å²) in [5, 5.41) is 0. The van der Waals surface area contributed by atoms with E-state index < -0.39 is 0 Å². The second-order valence-corrected chi connectivity index (χ2v) is 8.18. The van der Waals surface area contributed by atoms with Crippen LogP contribution in [-0.4, -0.2) is 86.2 Å². The predicted molar refractivity (Wildman–Crippen MR) is 117 cm³/mol. The summed E-state index contributed by atoms with van der Waals surface area (Å²) >= 11 is 0. The van der Waals surface area contributed by atoms with Crippen LogP contribution in [0.5, 0.6) is 5.75 Å². The number of halogens is 1. The Morgan fingerprint density at radius 2 is 1.84 bits per heavy atom. The zero-order valence-corrected chi connectivity index (χ0v) is 18.0. The number of hydrogen-bond donors (Lipinski definition) is 0. The van der Waals surface area contributed by atoms with Crippen LogP contribution in [0.3, 0.4) is 0 Å². The number of carbonyl (C=O) groups excluding carboxylic acids is 1. The average molecular weight is 428 g/mol. The largest absolute Gasteiger partial charge is 0.497 e. The fraction of sp³-hybridized carbons (Fsp3) is 0.458. The van der Waals surface area contributed by atoms with Crippen LogP contribution >= 0.6 is 0 Å². The van der Waals surface area contributed by atoms with Gasteiger partial charge in [-0.1, -0.05) is 12.1 Å². The van der Waals surface area contributed by atoms with E-state index in [1.54, 1.807) is 19.2 Å². The predicted octanol–water partition coefficient (Wildman–Crippen LogP) is 2.49. The number of carbonyl (C=O) groups is 1. The van der Waals surface area contributed by atoms with Gasteiger partial charge in [0.2, 0.25) is 0 Å². The lowest BCUT2D eigenvalue weighted by atomic mass is 10.1. The summed E-state index contributed by atoms with van der Waals surface area (Å²) in [7, 11) is 1.69. The highest BCUT2D eigenvalue weighted by Gasteiger charge is 2.27. The molecule has 2 heterocycles. The molecular weight excluding hydrogens is 397 g/mol. The fourth-order valence-electron chi connectivity index (χ4n) is 4.26. The van der Waals surface area contributed by atoms with Gasteiger partial charge in [0.25, 0.3) is 5.91 Å². The lowest BCUT2D eigenvalue weighted by Crippen LogP contribution is -2.53. The molecule has 1 amide bonds. The topological polar surface area (TPSA) is 45.3 Å². The van der Waals surface area contributed by atoms with E-state index >= 15 is 0 Å². The molecule has 2 aliphatic rings. The molecule has 4 rings (SSSR count). The third-order valence-electron chi connectivity index (χ3n) is 5.98. The lowest BCUT2D eigenvalue weighted by molar-refractivity contribution is -0.0497. The van der Waals surface area contributed by atoms with Gasteiger partial charge in [0.15, 0.2) is 0 Å². The zero-order chi connectivity index (χ0) is 21.6. The van der Waals surface area contributed by atoms with E-state index in [0.717, 1.165) is 51.6 Å². The molecule has 0 aliphatic carbocycles. The number of hydrogen-bond acceptors (Lipinski definition) is 5. The van der Waals surface area contributed by atoms with Crippen molar-refractivity contribution >= 4 is 5.91 Å². The molecule has 1 atom stereocenters. The number of nitrogens with zero attached hydrogens (tertiary/aromatic N) is 3. The van der Waals surface area contributed by atoms with Crippen LogP contribution in [0, 0.1) is 5.82 Å². The molecule has 0 N–H and O–H groups in total. The molecule has 0 bridgehead atoms. The van der Waals surface area contributed by atoms with Gasteiger partial charge >= 0.3 is 0 Å². The lowest BCUT2D eigenvalue weighted by Gasteiger charge is -2.39. The molecule has 2 aliphatic heterocycles. The molecule has 166 valence electrons. The molecule has 0 saturated carbocycles. The molecule has 31 heavy (non-hydrogen) atoms. The summed E-state index contributed by atoms with van der Waals surface area (Å²) in [6.45, 7) is 7.31. The number of rotatable bonds is 6. The third-order valence-corrected chi connectivity index (χ3v) is 5.98. The van der Waals surface area contributed by atoms with Crippen molar-refractivity contribution in [2.75, 3.05) is 59.5 Å². The highest BCUT2D eigenvalue weighted by Crippen LogP contribution is 2.17. The molecule has 6 nitrogen and oxygen atoms in total. The van der Waals surface area contributed by atoms with Crippen molar-refractivity contribution in [2.45, 2.75) is 12.6 Å². The number of morpholine rings is 1. The van der Waals surface area contributed by atoms with Gasteiger partial charge in [-0.05, 0) is 42.0 Å². The van der Waals surface area contributed by atoms with Crippen LogP contribution in [0.4, 0.5) is 4.39 Å². The second-order valence-electron chi connectivity index (χ2n) is 8.18. The Kier molecular flexibility index (Phi) is 7.17. The number of benzene rings is 2. The van der Waals surface area contributed by atoms with Gasteiger partial charge in [0.05, 0.1) is 19.8 Å². The van der Waals surface area contributed by atoms with Crippen molar-refractivity contribution < 1.29 is 18.7 Å². The molecule has 7 heteroatoms. The van der Waals surface area contributed by atoms with Crippen LogP contribution in [0.2, 0.25) is 0 Å². The van der Waals surface area contributed by atoms with Gasteiger partial charge in [0, 0.05) is 57.9 Å². The van der Waals surface area contributed by atoms with Crippen molar-refractivity contribution in [1.82, 2.24) is 14.7 Å². The van der Waals surface area contributed by atoms with E-state index in [9.17, 15) is 9.18 Å². The highest BCUT2D eigenvalue weighted by molar-refractivity contribution is 5.94. The van der Waals surface area contributed by atoms with Gasteiger partial charge in [-0.2, -0.15) is 0 Å². The Hall–Kier alpha value is -2.48. The van der Waals surface area contributed by atoms with Crippen LogP contribution in [0.25, 0.3) is 0 Å². The smallest absolute Gasteiger partial charge is 0.253 e. The van der Waals surface area contributed by atoms with Crippen LogP contribution < -0.4 is 4.74 Å². The van der Waals surface area contributed by atoms with E-state index in [1.165, 1.54) is 17.7 Å². The molecule has 1 unspecified atom stereocenters. The van der Waals surface area contributed by atoms with Crippen molar-refractivity contribution in [1.29, 1.82) is 0 Å². The summed E-state index contributed by atoms with van der Waals surface area (Å²) in [4.78, 5) is 19.3. The maximum atomic E-state index is 13.1. The Morgan fingerprint density at radius 3 is 2.58 bits per heavy atom. The van der Waals surface area contributed by atoms with Gasteiger partial charge in [-0.15, -0.1) is 0 Å². The maximum absolute atomic E-state index is 13.1. The summed E-state index contributed by atoms with van der Waals surface area (Å²) in [6.07, 6.45) is 0.165. The van der Waals surface area contributed by atoms with E-state index in [4.69, 9.17) is 9.47 Å². The monoisotopic (exact) mass is 427 g/mol. The fourth-order valence-corrected chi connectivity index (χ4v) is 4.26. The van der Waals surface area contributed by atoms with Crippen molar-refractivity contribution in [3.8, 4) is 5.75 Å². The average Bonchev–Trinajstić information content (AvgIpc) is 2.80. The molecule has 2 aromatic rings. The highest BCUT2D eigenvalue weighted by atomic mass is 19.1. The SMILES string of the molecule is COc1cccc(CN2CCOC(CN3CCN(C(=O)c4ccc(F)cc4)CC3)C2)c1. The summed E-state index contributed by atoms with van der Waals surface area (Å²) in [5.74, 6) is 0.530. The van der Waals surface area contributed by atoms with Crippen molar-refractivity contribution in [3.63, 3.8) is 0 Å². The number of piperazine rings is 1. The number of amides is 1. The number of methoxy groups -OCH3 is 1. The molecule has 0 spiro atoms. The Balaban J connectivity index is 1.24. The molecule has 2 saturated heterocycles. The van der Waals surface area contributed by atoms with Crippen molar-refractivity contribution in [3.05, 3.63) is 65.5 Å². The summed E-state index contributed by atoms with van der Waals surface area (Å²) in [5.41, 5.74) is 1.78. The maximum Gasteiger partial charge on any atom is 0.253 e. The van der Waals surface area contributed by atoms with Crippen LogP contribution in [-0.2, 0) is 11.3 Å². The first-order valence-electron chi connectivity index (χ1n) is 10.8. The summed E-state index contributed by atoms with van der Waals surface area (Å²) in [6, 6.07) is 14.0.